The molecule has 0 aromatic carbocycles. The van der Waals surface area contributed by atoms with Crippen LogP contribution in [0.5, 0.6) is 0 Å². The zero-order valence-electron chi connectivity index (χ0n) is 11.7. The third-order valence-electron chi connectivity index (χ3n) is 3.65. The highest BCUT2D eigenvalue weighted by Gasteiger charge is 2.31. The van der Waals surface area contributed by atoms with E-state index in [1.54, 1.807) is 0 Å². The minimum Gasteiger partial charge on any atom is -0.338 e. The molecule has 1 fully saturated rings. The molecular formula is C14H28N2O. The van der Waals surface area contributed by atoms with Crippen molar-refractivity contribution >= 4 is 5.91 Å². The molecule has 2 unspecified atom stereocenters. The van der Waals surface area contributed by atoms with Gasteiger partial charge >= 0.3 is 0 Å². The van der Waals surface area contributed by atoms with Gasteiger partial charge in [0.2, 0.25) is 5.91 Å². The van der Waals surface area contributed by atoms with E-state index >= 15 is 0 Å². The molecule has 1 N–H and O–H groups in total. The van der Waals surface area contributed by atoms with Gasteiger partial charge in [-0.05, 0) is 38.6 Å². The van der Waals surface area contributed by atoms with Crippen molar-refractivity contribution in [2.24, 2.45) is 0 Å². The smallest absolute Gasteiger partial charge is 0.239 e. The third-order valence-corrected chi connectivity index (χ3v) is 3.65. The molecule has 1 saturated heterocycles. The molecule has 0 saturated carbocycles. The van der Waals surface area contributed by atoms with Gasteiger partial charge in [0.25, 0.3) is 0 Å². The monoisotopic (exact) mass is 240 g/mol. The lowest BCUT2D eigenvalue weighted by Gasteiger charge is -2.38. The molecule has 1 aliphatic heterocycles. The summed E-state index contributed by atoms with van der Waals surface area (Å²) in [6, 6.07) is 0.535. The Balaban J connectivity index is 2.56. The SMILES string of the molecule is CCCNC1CCCN(C(CC)CCC)C1=O. The summed E-state index contributed by atoms with van der Waals surface area (Å²) in [5, 5.41) is 3.38. The molecule has 1 amide bonds. The van der Waals surface area contributed by atoms with Crippen molar-refractivity contribution in [3.8, 4) is 0 Å². The van der Waals surface area contributed by atoms with Gasteiger partial charge in [-0.25, -0.2) is 0 Å². The van der Waals surface area contributed by atoms with Gasteiger partial charge in [0.05, 0.1) is 6.04 Å². The first-order chi connectivity index (χ1) is 8.24. The van der Waals surface area contributed by atoms with Crippen LogP contribution in [0.1, 0.15) is 59.3 Å². The van der Waals surface area contributed by atoms with Crippen molar-refractivity contribution in [1.29, 1.82) is 0 Å². The average Bonchev–Trinajstić information content (AvgIpc) is 2.35. The summed E-state index contributed by atoms with van der Waals surface area (Å²) >= 11 is 0. The molecule has 0 spiro atoms. The van der Waals surface area contributed by atoms with Gasteiger partial charge in [-0.2, -0.15) is 0 Å². The summed E-state index contributed by atoms with van der Waals surface area (Å²) in [4.78, 5) is 14.5. The molecular weight excluding hydrogens is 212 g/mol. The number of amides is 1. The minimum absolute atomic E-state index is 0.0783. The Morgan fingerprint density at radius 1 is 1.35 bits per heavy atom. The van der Waals surface area contributed by atoms with Crippen molar-refractivity contribution in [3.05, 3.63) is 0 Å². The van der Waals surface area contributed by atoms with Crippen molar-refractivity contribution in [2.75, 3.05) is 13.1 Å². The first kappa shape index (κ1) is 14.5. The van der Waals surface area contributed by atoms with Crippen molar-refractivity contribution in [1.82, 2.24) is 10.2 Å². The number of hydrogen-bond donors (Lipinski definition) is 1. The fourth-order valence-electron chi connectivity index (χ4n) is 2.68. The summed E-state index contributed by atoms with van der Waals surface area (Å²) in [6.45, 7) is 8.45. The second kappa shape index (κ2) is 7.70. The summed E-state index contributed by atoms with van der Waals surface area (Å²) in [6.07, 6.45) is 6.64. The van der Waals surface area contributed by atoms with Gasteiger partial charge in [-0.1, -0.05) is 27.2 Å². The topological polar surface area (TPSA) is 32.3 Å². The predicted octanol–water partition coefficient (Wildman–Crippen LogP) is 2.56. The van der Waals surface area contributed by atoms with Gasteiger partial charge in [0.15, 0.2) is 0 Å². The van der Waals surface area contributed by atoms with Crippen LogP contribution in [0.4, 0.5) is 0 Å². The zero-order valence-corrected chi connectivity index (χ0v) is 11.7. The van der Waals surface area contributed by atoms with Crippen LogP contribution in [0.15, 0.2) is 0 Å². The highest BCUT2D eigenvalue weighted by Crippen LogP contribution is 2.19. The molecule has 3 nitrogen and oxygen atoms in total. The van der Waals surface area contributed by atoms with Crippen LogP contribution in [0, 0.1) is 0 Å². The lowest BCUT2D eigenvalue weighted by molar-refractivity contribution is -0.138. The van der Waals surface area contributed by atoms with Crippen LogP contribution >= 0.6 is 0 Å². The fraction of sp³-hybridized carbons (Fsp3) is 0.929. The van der Waals surface area contributed by atoms with E-state index in [9.17, 15) is 4.79 Å². The van der Waals surface area contributed by atoms with E-state index in [4.69, 9.17) is 0 Å². The molecule has 2 atom stereocenters. The van der Waals surface area contributed by atoms with Gasteiger partial charge in [-0.15, -0.1) is 0 Å². The summed E-state index contributed by atoms with van der Waals surface area (Å²) in [5.41, 5.74) is 0. The summed E-state index contributed by atoms with van der Waals surface area (Å²) < 4.78 is 0. The highest BCUT2D eigenvalue weighted by atomic mass is 16.2. The Kier molecular flexibility index (Phi) is 6.56. The maximum absolute atomic E-state index is 12.4. The van der Waals surface area contributed by atoms with Crippen LogP contribution in [-0.2, 0) is 4.79 Å². The molecule has 100 valence electrons. The summed E-state index contributed by atoms with van der Waals surface area (Å²) in [5.74, 6) is 0.338. The second-order valence-corrected chi connectivity index (χ2v) is 5.03. The number of nitrogens with one attached hydrogen (secondary N) is 1. The summed E-state index contributed by atoms with van der Waals surface area (Å²) in [7, 11) is 0. The first-order valence-corrected chi connectivity index (χ1v) is 7.28. The molecule has 0 aromatic rings. The molecule has 0 bridgehead atoms. The normalized spacial score (nSPS) is 22.9. The number of piperidine rings is 1. The van der Waals surface area contributed by atoms with Crippen molar-refractivity contribution in [2.45, 2.75) is 71.4 Å². The van der Waals surface area contributed by atoms with Crippen LogP contribution in [0.2, 0.25) is 0 Å². The van der Waals surface area contributed by atoms with E-state index in [0.29, 0.717) is 11.9 Å². The fourth-order valence-corrected chi connectivity index (χ4v) is 2.68. The Bertz CT molecular complexity index is 230. The molecule has 0 aromatic heterocycles. The molecule has 0 aliphatic carbocycles. The number of hydrogen-bond acceptors (Lipinski definition) is 2. The number of rotatable bonds is 7. The van der Waals surface area contributed by atoms with Gasteiger partial charge < -0.3 is 10.2 Å². The molecule has 1 rings (SSSR count). The molecule has 0 radical (unpaired) electrons. The second-order valence-electron chi connectivity index (χ2n) is 5.03. The minimum atomic E-state index is 0.0783. The van der Waals surface area contributed by atoms with Crippen LogP contribution in [0.3, 0.4) is 0 Å². The Labute approximate surface area is 106 Å². The molecule has 1 aliphatic rings. The lowest BCUT2D eigenvalue weighted by atomic mass is 9.99. The maximum atomic E-state index is 12.4. The van der Waals surface area contributed by atoms with Crippen LogP contribution < -0.4 is 5.32 Å². The lowest BCUT2D eigenvalue weighted by Crippen LogP contribution is -2.54. The van der Waals surface area contributed by atoms with Gasteiger partial charge in [-0.3, -0.25) is 4.79 Å². The average molecular weight is 240 g/mol. The zero-order chi connectivity index (χ0) is 12.7. The van der Waals surface area contributed by atoms with Crippen LogP contribution in [0.25, 0.3) is 0 Å². The highest BCUT2D eigenvalue weighted by molar-refractivity contribution is 5.82. The Hall–Kier alpha value is -0.570. The quantitative estimate of drug-likeness (QED) is 0.742. The Morgan fingerprint density at radius 2 is 2.12 bits per heavy atom. The van der Waals surface area contributed by atoms with E-state index in [-0.39, 0.29) is 6.04 Å². The number of carbonyl (C=O) groups excluding carboxylic acids is 1. The molecule has 17 heavy (non-hydrogen) atoms. The Morgan fingerprint density at radius 3 is 2.71 bits per heavy atom. The van der Waals surface area contributed by atoms with Gasteiger partial charge in [0.1, 0.15) is 0 Å². The van der Waals surface area contributed by atoms with E-state index in [0.717, 1.165) is 51.6 Å². The largest absolute Gasteiger partial charge is 0.338 e. The predicted molar refractivity (Wildman–Crippen MR) is 72.0 cm³/mol. The first-order valence-electron chi connectivity index (χ1n) is 7.28. The number of carbonyl (C=O) groups is 1. The maximum Gasteiger partial charge on any atom is 0.239 e. The van der Waals surface area contributed by atoms with Crippen LogP contribution in [-0.4, -0.2) is 36.0 Å². The number of likely N-dealkylation sites (tertiary alicyclic amines) is 1. The van der Waals surface area contributed by atoms with E-state index in [1.165, 1.54) is 0 Å². The molecule has 1 heterocycles. The van der Waals surface area contributed by atoms with Gasteiger partial charge in [0, 0.05) is 12.6 Å². The standard InChI is InChI=1S/C14H28N2O/c1-4-8-12(6-3)16-11-7-9-13(14(16)17)15-10-5-2/h12-13,15H,4-11H2,1-3H3. The van der Waals surface area contributed by atoms with Crippen molar-refractivity contribution < 1.29 is 4.79 Å². The number of nitrogens with zero attached hydrogens (tertiary/aromatic N) is 1. The van der Waals surface area contributed by atoms with E-state index in [1.807, 2.05) is 0 Å². The third kappa shape index (κ3) is 3.98. The molecule has 3 heteroatoms. The van der Waals surface area contributed by atoms with E-state index in [2.05, 4.69) is 31.0 Å². The van der Waals surface area contributed by atoms with Crippen molar-refractivity contribution in [3.63, 3.8) is 0 Å². The van der Waals surface area contributed by atoms with E-state index < -0.39 is 0 Å².